The Bertz CT molecular complexity index is 373. The molecule has 0 spiro atoms. The molecular weight excluding hydrogens is 214 g/mol. The van der Waals surface area contributed by atoms with E-state index in [2.05, 4.69) is 35.4 Å². The van der Waals surface area contributed by atoms with Crippen LogP contribution in [-0.2, 0) is 0 Å². The molecule has 2 fully saturated rings. The zero-order valence-electron chi connectivity index (χ0n) is 9.86. The van der Waals surface area contributed by atoms with Crippen LogP contribution < -0.4 is 0 Å². The van der Waals surface area contributed by atoms with E-state index in [1.54, 1.807) is 5.56 Å². The highest BCUT2D eigenvalue weighted by molar-refractivity contribution is 7.98. The van der Waals surface area contributed by atoms with E-state index in [1.165, 1.54) is 37.1 Å². The summed E-state index contributed by atoms with van der Waals surface area (Å²) in [6, 6.07) is 10.6. The minimum atomic E-state index is 0.705. The second-order valence-electron chi connectivity index (χ2n) is 4.87. The van der Waals surface area contributed by atoms with Crippen LogP contribution >= 0.6 is 11.8 Å². The van der Waals surface area contributed by atoms with Crippen molar-refractivity contribution in [2.24, 2.45) is 0 Å². The number of hydrogen-bond acceptors (Lipinski definition) is 2. The van der Waals surface area contributed by atoms with Gasteiger partial charge in [0.1, 0.15) is 0 Å². The molecule has 86 valence electrons. The van der Waals surface area contributed by atoms with E-state index < -0.39 is 0 Å². The highest BCUT2D eigenvalue weighted by atomic mass is 32.2. The lowest BCUT2D eigenvalue weighted by Gasteiger charge is -2.26. The van der Waals surface area contributed by atoms with E-state index in [-0.39, 0.29) is 0 Å². The van der Waals surface area contributed by atoms with Gasteiger partial charge in [-0.15, -0.1) is 11.8 Å². The number of benzene rings is 1. The van der Waals surface area contributed by atoms with Crippen LogP contribution in [0.2, 0.25) is 0 Å². The molecular formula is C14H19NS. The Morgan fingerprint density at radius 1 is 1.19 bits per heavy atom. The predicted molar refractivity (Wildman–Crippen MR) is 69.9 cm³/mol. The third-order valence-electron chi connectivity index (χ3n) is 3.81. The Morgan fingerprint density at radius 2 is 2.00 bits per heavy atom. The van der Waals surface area contributed by atoms with Crippen molar-refractivity contribution >= 4 is 11.8 Å². The summed E-state index contributed by atoms with van der Waals surface area (Å²) in [6.45, 7) is 1.32. The summed E-state index contributed by atoms with van der Waals surface area (Å²) in [5.74, 6) is 0. The molecule has 3 rings (SSSR count). The molecule has 0 bridgehead atoms. The van der Waals surface area contributed by atoms with E-state index in [0.717, 1.165) is 6.04 Å². The van der Waals surface area contributed by atoms with E-state index in [1.807, 2.05) is 11.8 Å². The van der Waals surface area contributed by atoms with Gasteiger partial charge in [0, 0.05) is 17.0 Å². The van der Waals surface area contributed by atoms with E-state index in [4.69, 9.17) is 0 Å². The smallest absolute Gasteiger partial charge is 0.0362 e. The molecule has 0 amide bonds. The normalized spacial score (nSPS) is 26.2. The van der Waals surface area contributed by atoms with Crippen molar-refractivity contribution in [2.75, 3.05) is 12.8 Å². The fourth-order valence-electron chi connectivity index (χ4n) is 2.91. The molecule has 0 radical (unpaired) electrons. The SMILES string of the molecule is CSc1ccccc1[C@H]1CCCN1C1CC1. The first-order valence-electron chi connectivity index (χ1n) is 6.29. The summed E-state index contributed by atoms with van der Waals surface area (Å²) in [6.07, 6.45) is 7.78. The Kier molecular flexibility index (Phi) is 2.95. The molecule has 0 aromatic heterocycles. The van der Waals surface area contributed by atoms with Gasteiger partial charge >= 0.3 is 0 Å². The molecule has 1 aromatic rings. The van der Waals surface area contributed by atoms with Gasteiger partial charge in [-0.25, -0.2) is 0 Å². The van der Waals surface area contributed by atoms with Crippen LogP contribution in [0.15, 0.2) is 29.2 Å². The maximum atomic E-state index is 2.75. The van der Waals surface area contributed by atoms with Crippen LogP contribution in [0.3, 0.4) is 0 Å². The van der Waals surface area contributed by atoms with Crippen molar-refractivity contribution in [2.45, 2.75) is 42.7 Å². The van der Waals surface area contributed by atoms with Crippen molar-refractivity contribution in [1.29, 1.82) is 0 Å². The van der Waals surface area contributed by atoms with Crippen LogP contribution in [0.25, 0.3) is 0 Å². The first kappa shape index (κ1) is 10.7. The van der Waals surface area contributed by atoms with E-state index in [0.29, 0.717) is 6.04 Å². The highest BCUT2D eigenvalue weighted by Gasteiger charge is 2.37. The molecule has 0 N–H and O–H groups in total. The summed E-state index contributed by atoms with van der Waals surface area (Å²) >= 11 is 1.89. The van der Waals surface area contributed by atoms with Gasteiger partial charge in [0.15, 0.2) is 0 Å². The minimum Gasteiger partial charge on any atom is -0.293 e. The summed E-state index contributed by atoms with van der Waals surface area (Å²) in [7, 11) is 0. The molecule has 1 aromatic carbocycles. The number of hydrogen-bond donors (Lipinski definition) is 0. The van der Waals surface area contributed by atoms with Crippen molar-refractivity contribution in [3.63, 3.8) is 0 Å². The largest absolute Gasteiger partial charge is 0.293 e. The highest BCUT2D eigenvalue weighted by Crippen LogP contribution is 2.42. The van der Waals surface area contributed by atoms with Crippen LogP contribution in [0.4, 0.5) is 0 Å². The maximum Gasteiger partial charge on any atom is 0.0362 e. The minimum absolute atomic E-state index is 0.705. The summed E-state index contributed by atoms with van der Waals surface area (Å²) in [4.78, 5) is 4.22. The molecule has 1 heterocycles. The standard InChI is InChI=1S/C14H19NS/c1-16-14-7-3-2-5-12(14)13-6-4-10-15(13)11-8-9-11/h2-3,5,7,11,13H,4,6,8-10H2,1H3/t13-/m1/s1. The molecule has 1 nitrogen and oxygen atoms in total. The molecule has 1 saturated heterocycles. The van der Waals surface area contributed by atoms with Gasteiger partial charge in [-0.1, -0.05) is 18.2 Å². The predicted octanol–water partition coefficient (Wildman–Crippen LogP) is 3.71. The Hall–Kier alpha value is -0.470. The molecule has 1 aliphatic carbocycles. The van der Waals surface area contributed by atoms with Crippen LogP contribution in [0.1, 0.15) is 37.3 Å². The lowest BCUT2D eigenvalue weighted by atomic mass is 10.0. The lowest BCUT2D eigenvalue weighted by Crippen LogP contribution is -2.25. The van der Waals surface area contributed by atoms with E-state index >= 15 is 0 Å². The molecule has 1 aliphatic heterocycles. The lowest BCUT2D eigenvalue weighted by molar-refractivity contribution is 0.244. The van der Waals surface area contributed by atoms with Crippen LogP contribution in [0.5, 0.6) is 0 Å². The molecule has 16 heavy (non-hydrogen) atoms. The summed E-state index contributed by atoms with van der Waals surface area (Å²) in [5.41, 5.74) is 1.57. The van der Waals surface area contributed by atoms with Gasteiger partial charge in [0.2, 0.25) is 0 Å². The zero-order chi connectivity index (χ0) is 11.0. The summed E-state index contributed by atoms with van der Waals surface area (Å²) < 4.78 is 0. The third-order valence-corrected chi connectivity index (χ3v) is 4.62. The average molecular weight is 233 g/mol. The molecule has 0 unspecified atom stereocenters. The number of likely N-dealkylation sites (tertiary alicyclic amines) is 1. The van der Waals surface area contributed by atoms with E-state index in [9.17, 15) is 0 Å². The third kappa shape index (κ3) is 1.89. The van der Waals surface area contributed by atoms with Gasteiger partial charge in [-0.2, -0.15) is 0 Å². The molecule has 2 heteroatoms. The maximum absolute atomic E-state index is 2.75. The van der Waals surface area contributed by atoms with Gasteiger partial charge < -0.3 is 0 Å². The van der Waals surface area contributed by atoms with Crippen molar-refractivity contribution in [1.82, 2.24) is 4.90 Å². The first-order valence-corrected chi connectivity index (χ1v) is 7.51. The van der Waals surface area contributed by atoms with Crippen molar-refractivity contribution in [3.05, 3.63) is 29.8 Å². The van der Waals surface area contributed by atoms with Crippen molar-refractivity contribution in [3.8, 4) is 0 Å². The fourth-order valence-corrected chi connectivity index (χ4v) is 3.56. The topological polar surface area (TPSA) is 3.24 Å². The van der Waals surface area contributed by atoms with Crippen LogP contribution in [-0.4, -0.2) is 23.7 Å². The average Bonchev–Trinajstić information content (AvgIpc) is 3.07. The Morgan fingerprint density at radius 3 is 2.75 bits per heavy atom. The van der Waals surface area contributed by atoms with Gasteiger partial charge in [0.25, 0.3) is 0 Å². The second kappa shape index (κ2) is 4.42. The Balaban J connectivity index is 1.89. The second-order valence-corrected chi connectivity index (χ2v) is 5.72. The Labute approximate surface area is 102 Å². The number of rotatable bonds is 3. The van der Waals surface area contributed by atoms with Gasteiger partial charge in [0.05, 0.1) is 0 Å². The molecule has 1 atom stereocenters. The quantitative estimate of drug-likeness (QED) is 0.732. The monoisotopic (exact) mass is 233 g/mol. The first-order chi connectivity index (χ1) is 7.90. The zero-order valence-corrected chi connectivity index (χ0v) is 10.7. The summed E-state index contributed by atoms with van der Waals surface area (Å²) in [5, 5.41) is 0. The fraction of sp³-hybridized carbons (Fsp3) is 0.571. The molecule has 1 saturated carbocycles. The van der Waals surface area contributed by atoms with Crippen molar-refractivity contribution < 1.29 is 0 Å². The van der Waals surface area contributed by atoms with Crippen LogP contribution in [0, 0.1) is 0 Å². The molecule has 2 aliphatic rings. The number of nitrogens with zero attached hydrogens (tertiary/aromatic N) is 1. The van der Waals surface area contributed by atoms with Gasteiger partial charge in [-0.05, 0) is 50.1 Å². The van der Waals surface area contributed by atoms with Gasteiger partial charge in [-0.3, -0.25) is 4.90 Å². The number of thioether (sulfide) groups is 1.